The van der Waals surface area contributed by atoms with E-state index in [1.54, 1.807) is 0 Å². The molecule has 106 valence electrons. The van der Waals surface area contributed by atoms with Gasteiger partial charge in [0.1, 0.15) is 9.84 Å². The van der Waals surface area contributed by atoms with Gasteiger partial charge in [0.25, 0.3) is 0 Å². The van der Waals surface area contributed by atoms with Crippen LogP contribution in [-0.2, 0) is 9.84 Å². The van der Waals surface area contributed by atoms with Crippen molar-refractivity contribution in [1.29, 1.82) is 0 Å². The Hall–Kier alpha value is -0.0900. The molecule has 3 nitrogen and oxygen atoms in total. The minimum absolute atomic E-state index is 0.330. The lowest BCUT2D eigenvalue weighted by molar-refractivity contribution is 0.226. The molecular weight excluding hydrogens is 246 g/mol. The third-order valence-corrected chi connectivity index (χ3v) is 6.77. The Kier molecular flexibility index (Phi) is 4.37. The van der Waals surface area contributed by atoms with Gasteiger partial charge in [-0.05, 0) is 56.9 Å². The number of rotatable bonds is 4. The summed E-state index contributed by atoms with van der Waals surface area (Å²) in [5.74, 6) is 2.14. The quantitative estimate of drug-likeness (QED) is 0.855. The molecule has 4 heteroatoms. The molecule has 1 N–H and O–H groups in total. The van der Waals surface area contributed by atoms with E-state index >= 15 is 0 Å². The molecule has 18 heavy (non-hydrogen) atoms. The van der Waals surface area contributed by atoms with Crippen LogP contribution >= 0.6 is 0 Å². The van der Waals surface area contributed by atoms with Gasteiger partial charge in [0.15, 0.2) is 0 Å². The summed E-state index contributed by atoms with van der Waals surface area (Å²) in [5, 5.41) is 3.71. The van der Waals surface area contributed by atoms with Gasteiger partial charge in [0, 0.05) is 5.54 Å². The van der Waals surface area contributed by atoms with E-state index in [4.69, 9.17) is 0 Å². The van der Waals surface area contributed by atoms with Crippen molar-refractivity contribution < 1.29 is 8.42 Å². The van der Waals surface area contributed by atoms with Crippen molar-refractivity contribution in [3.8, 4) is 0 Å². The average Bonchev–Trinajstić information content (AvgIpc) is 2.78. The van der Waals surface area contributed by atoms with Gasteiger partial charge < -0.3 is 5.32 Å². The molecule has 2 fully saturated rings. The van der Waals surface area contributed by atoms with Gasteiger partial charge in [-0.2, -0.15) is 0 Å². The van der Waals surface area contributed by atoms with Crippen molar-refractivity contribution in [2.45, 2.75) is 57.9 Å². The van der Waals surface area contributed by atoms with Gasteiger partial charge in [-0.3, -0.25) is 0 Å². The normalized spacial score (nSPS) is 33.1. The van der Waals surface area contributed by atoms with Crippen molar-refractivity contribution in [2.24, 2.45) is 11.8 Å². The lowest BCUT2D eigenvalue weighted by atomic mass is 9.78. The molecule has 0 radical (unpaired) electrons. The lowest BCUT2D eigenvalue weighted by Crippen LogP contribution is -2.45. The molecule has 2 heterocycles. The minimum atomic E-state index is -2.70. The Morgan fingerprint density at radius 1 is 1.28 bits per heavy atom. The summed E-state index contributed by atoms with van der Waals surface area (Å²) < 4.78 is 22.8. The highest BCUT2D eigenvalue weighted by Crippen LogP contribution is 2.35. The van der Waals surface area contributed by atoms with E-state index in [0.29, 0.717) is 28.9 Å². The topological polar surface area (TPSA) is 46.2 Å². The van der Waals surface area contributed by atoms with Crippen LogP contribution in [0.1, 0.15) is 52.4 Å². The first-order valence-electron chi connectivity index (χ1n) is 7.39. The molecule has 0 spiro atoms. The number of nitrogens with one attached hydrogen (secondary N) is 1. The van der Waals surface area contributed by atoms with Crippen LogP contribution in [0.15, 0.2) is 0 Å². The van der Waals surface area contributed by atoms with Crippen LogP contribution in [-0.4, -0.2) is 32.0 Å². The highest BCUT2D eigenvalue weighted by molar-refractivity contribution is 7.91. The zero-order valence-electron chi connectivity index (χ0n) is 11.7. The largest absolute Gasteiger partial charge is 0.311 e. The predicted molar refractivity (Wildman–Crippen MR) is 75.4 cm³/mol. The summed E-state index contributed by atoms with van der Waals surface area (Å²) in [5.41, 5.74) is 0.330. The fourth-order valence-corrected chi connectivity index (χ4v) is 5.10. The third-order valence-electron chi connectivity index (χ3n) is 5.05. The molecular formula is C14H27NO2S. The van der Waals surface area contributed by atoms with E-state index in [1.807, 2.05) is 0 Å². The minimum Gasteiger partial charge on any atom is -0.311 e. The summed E-state index contributed by atoms with van der Waals surface area (Å²) in [4.78, 5) is 0. The van der Waals surface area contributed by atoms with Crippen molar-refractivity contribution >= 4 is 9.84 Å². The third kappa shape index (κ3) is 3.27. The molecule has 0 aromatic rings. The summed E-state index contributed by atoms with van der Waals surface area (Å²) in [6.45, 7) is 5.77. The number of hydrogen-bond donors (Lipinski definition) is 1. The zero-order valence-corrected chi connectivity index (χ0v) is 12.6. The molecule has 0 saturated carbocycles. The lowest BCUT2D eigenvalue weighted by Gasteiger charge is -2.36. The van der Waals surface area contributed by atoms with E-state index in [-0.39, 0.29) is 0 Å². The zero-order chi connectivity index (χ0) is 13.2. The maximum Gasteiger partial charge on any atom is 0.150 e. The van der Waals surface area contributed by atoms with E-state index in [1.165, 1.54) is 25.7 Å². The van der Waals surface area contributed by atoms with Gasteiger partial charge in [0.05, 0.1) is 11.5 Å². The van der Waals surface area contributed by atoms with Crippen LogP contribution in [0.2, 0.25) is 0 Å². The van der Waals surface area contributed by atoms with Crippen molar-refractivity contribution in [2.75, 3.05) is 18.1 Å². The van der Waals surface area contributed by atoms with Gasteiger partial charge in [0.2, 0.25) is 0 Å². The second kappa shape index (κ2) is 5.49. The first-order valence-corrected chi connectivity index (χ1v) is 9.21. The summed E-state index contributed by atoms with van der Waals surface area (Å²) in [6.07, 6.45) is 6.76. The molecule has 2 aliphatic rings. The van der Waals surface area contributed by atoms with E-state index < -0.39 is 9.84 Å². The molecule has 0 aliphatic carbocycles. The molecule has 0 aromatic carbocycles. The molecule has 2 saturated heterocycles. The predicted octanol–water partition coefficient (Wildman–Crippen LogP) is 2.37. The van der Waals surface area contributed by atoms with Crippen molar-refractivity contribution in [3.05, 3.63) is 0 Å². The average molecular weight is 273 g/mol. The first-order chi connectivity index (χ1) is 8.44. The van der Waals surface area contributed by atoms with E-state index in [2.05, 4.69) is 19.2 Å². The molecule has 2 aliphatic heterocycles. The van der Waals surface area contributed by atoms with Gasteiger partial charge >= 0.3 is 0 Å². The highest BCUT2D eigenvalue weighted by Gasteiger charge is 2.37. The van der Waals surface area contributed by atoms with Crippen molar-refractivity contribution in [1.82, 2.24) is 5.32 Å². The standard InChI is InChI=1S/C14H27NO2S/c1-12(2)14(7-3-9-15-14)8-4-13-5-10-18(16,17)11-6-13/h12-13,15H,3-11H2,1-2H3. The summed E-state index contributed by atoms with van der Waals surface area (Å²) in [7, 11) is -2.70. The Balaban J connectivity index is 1.84. The van der Waals surface area contributed by atoms with Gasteiger partial charge in [-0.25, -0.2) is 8.42 Å². The Bertz CT molecular complexity index is 355. The van der Waals surface area contributed by atoms with Crippen LogP contribution in [0, 0.1) is 11.8 Å². The van der Waals surface area contributed by atoms with Crippen LogP contribution in [0.25, 0.3) is 0 Å². The maximum atomic E-state index is 11.4. The molecule has 1 atom stereocenters. The van der Waals surface area contributed by atoms with Gasteiger partial charge in [-0.15, -0.1) is 0 Å². The number of sulfone groups is 1. The Morgan fingerprint density at radius 2 is 1.94 bits per heavy atom. The molecule has 0 bridgehead atoms. The number of hydrogen-bond acceptors (Lipinski definition) is 3. The SMILES string of the molecule is CC(C)C1(CCC2CCS(=O)(=O)CC2)CCCN1. The molecule has 1 unspecified atom stereocenters. The second-order valence-electron chi connectivity index (χ2n) is 6.48. The molecule has 2 rings (SSSR count). The van der Waals surface area contributed by atoms with Crippen LogP contribution in [0.3, 0.4) is 0 Å². The van der Waals surface area contributed by atoms with Crippen LogP contribution in [0.4, 0.5) is 0 Å². The maximum absolute atomic E-state index is 11.4. The fraction of sp³-hybridized carbons (Fsp3) is 1.00. The summed E-state index contributed by atoms with van der Waals surface area (Å²) >= 11 is 0. The Labute approximate surface area is 112 Å². The molecule has 0 amide bonds. The van der Waals surface area contributed by atoms with Crippen LogP contribution < -0.4 is 5.32 Å². The van der Waals surface area contributed by atoms with Crippen LogP contribution in [0.5, 0.6) is 0 Å². The van der Waals surface area contributed by atoms with Crippen molar-refractivity contribution in [3.63, 3.8) is 0 Å². The van der Waals surface area contributed by atoms with Gasteiger partial charge in [-0.1, -0.05) is 13.8 Å². The van der Waals surface area contributed by atoms with E-state index in [0.717, 1.165) is 19.4 Å². The Morgan fingerprint density at radius 3 is 2.44 bits per heavy atom. The smallest absolute Gasteiger partial charge is 0.150 e. The second-order valence-corrected chi connectivity index (χ2v) is 8.78. The highest BCUT2D eigenvalue weighted by atomic mass is 32.2. The molecule has 0 aromatic heterocycles. The van der Waals surface area contributed by atoms with E-state index in [9.17, 15) is 8.42 Å². The monoisotopic (exact) mass is 273 g/mol. The fourth-order valence-electron chi connectivity index (χ4n) is 3.51. The summed E-state index contributed by atoms with van der Waals surface area (Å²) in [6, 6.07) is 0. The first kappa shape index (κ1) is 14.3.